The molecule has 19 nitrogen and oxygen atoms in total. The average Bonchev–Trinajstić information content (AvgIpc) is 1.98. The molecule has 0 spiro atoms. The van der Waals surface area contributed by atoms with Crippen molar-refractivity contribution < 1.29 is 19.7 Å². The maximum atomic E-state index is 10.1. The summed E-state index contributed by atoms with van der Waals surface area (Å²) in [5.41, 5.74) is 29.3. The largest absolute Gasteiger partial charge is 0.507 e. The third-order valence-electron chi connectivity index (χ3n) is 14.7. The predicted octanol–water partition coefficient (Wildman–Crippen LogP) is 11.9. The highest BCUT2D eigenvalue weighted by molar-refractivity contribution is 6.12. The Balaban J connectivity index is 0.000000136. The monoisotopic (exact) mass is 1140 g/mol. The molecule has 1 aliphatic heterocycles. The minimum absolute atomic E-state index is 0.211. The standard InChI is InChI=1S/C20H28N4O.C19H26N4O.C15H18N4O.C11H9N3O/c1-13(2)8-10-24-12-15-18-16(22-20(21)19(15)23-24)6-5-7-17(18)25-11-9-14(3)4;1-4-5-10-23-12-14-17-15(21-19(20)18(14)22-23)7-6-8-16(17)24-11-9-13(2)3;1-9(2)6-7-19-8-10-13-11(4-3-5-12(13)20)17-15(16)14(10)18-19;12-11-10-6(4-5-13-10)9-7(14-11)2-1-3-8(9)15/h5-7,12-14H,8-11H2,1-4H3,(H2,21,22);6-8,12-13H,4-5,9-11H2,1-3H3,(H2,20,21);3-5,8-9,20H,6-7H2,1-2H3,(H2,16,17);1-4,15H,5H2,(H2,12,14). The quantitative estimate of drug-likeness (QED) is 0.0494. The molecular weight excluding hydrogens is 1050 g/mol. The SMILES string of the molecule is CC(C)CCOc1cccc2nc(N)c3nn(CCC(C)C)cc3c12.CC(C)CCn1cc2c(n1)c(N)nc1cccc(O)c12.CCCCn1cc2c(n1)c(N)nc1cccc(OCCC(C)C)c12.Nc1nc2cccc(O)c2c2c1=NCC=2. The summed E-state index contributed by atoms with van der Waals surface area (Å²) in [5, 5.41) is 41.6. The van der Waals surface area contributed by atoms with Crippen LogP contribution in [0.4, 0.5) is 23.3 Å². The molecule has 0 atom stereocenters. The molecule has 0 unspecified atom stereocenters. The molecule has 0 radical (unpaired) electrons. The zero-order chi connectivity index (χ0) is 59.8. The van der Waals surface area contributed by atoms with Crippen LogP contribution < -0.4 is 43.0 Å². The van der Waals surface area contributed by atoms with Gasteiger partial charge in [-0.25, -0.2) is 19.9 Å². The topological polar surface area (TPSA) is 280 Å². The van der Waals surface area contributed by atoms with Crippen LogP contribution in [0.25, 0.3) is 82.4 Å². The van der Waals surface area contributed by atoms with Gasteiger partial charge in [-0.1, -0.05) is 99.1 Å². The van der Waals surface area contributed by atoms with Crippen molar-refractivity contribution in [2.24, 2.45) is 28.7 Å². The van der Waals surface area contributed by atoms with E-state index in [0.717, 1.165) is 129 Å². The van der Waals surface area contributed by atoms with Gasteiger partial charge in [0.15, 0.2) is 17.5 Å². The lowest BCUT2D eigenvalue weighted by Gasteiger charge is -2.11. The van der Waals surface area contributed by atoms with Crippen LogP contribution >= 0.6 is 0 Å². The minimum Gasteiger partial charge on any atom is -0.507 e. The lowest BCUT2D eigenvalue weighted by Crippen LogP contribution is -2.27. The molecule has 0 saturated heterocycles. The van der Waals surface area contributed by atoms with Gasteiger partial charge in [-0.15, -0.1) is 0 Å². The number of unbranched alkanes of at least 4 members (excludes halogenated alkanes) is 1. The molecule has 11 aromatic rings. The number of benzene rings is 4. The van der Waals surface area contributed by atoms with Crippen LogP contribution in [0.3, 0.4) is 0 Å². The van der Waals surface area contributed by atoms with Gasteiger partial charge in [0.05, 0.1) is 63.4 Å². The Morgan fingerprint density at radius 3 is 1.30 bits per heavy atom. The van der Waals surface area contributed by atoms with E-state index >= 15 is 0 Å². The lowest BCUT2D eigenvalue weighted by molar-refractivity contribution is 0.292. The summed E-state index contributed by atoms with van der Waals surface area (Å²) in [6.45, 7) is 24.4. The fourth-order valence-corrected chi connectivity index (χ4v) is 10.0. The number of fused-ring (bicyclic) bond motifs is 12. The molecule has 0 amide bonds. The maximum Gasteiger partial charge on any atom is 0.152 e. The second kappa shape index (κ2) is 26.5. The van der Waals surface area contributed by atoms with Crippen LogP contribution in [0.1, 0.15) is 101 Å². The van der Waals surface area contributed by atoms with Crippen LogP contribution in [-0.2, 0) is 19.6 Å². The molecule has 0 fully saturated rings. The Hall–Kier alpha value is -9.00. The fraction of sp³-hybridized carbons (Fsp3) is 0.385. The smallest absolute Gasteiger partial charge is 0.152 e. The molecule has 7 aromatic heterocycles. The molecule has 4 aromatic carbocycles. The number of hydrogen-bond donors (Lipinski definition) is 6. The number of phenolic OH excluding ortho intramolecular Hbond substituents is 2. The van der Waals surface area contributed by atoms with Gasteiger partial charge in [-0.3, -0.25) is 19.0 Å². The highest BCUT2D eigenvalue weighted by Crippen LogP contribution is 2.37. The molecule has 8 heterocycles. The van der Waals surface area contributed by atoms with Crippen molar-refractivity contribution in [1.29, 1.82) is 0 Å². The Labute approximate surface area is 489 Å². The van der Waals surface area contributed by atoms with E-state index in [1.165, 1.54) is 0 Å². The Morgan fingerprint density at radius 2 is 0.857 bits per heavy atom. The van der Waals surface area contributed by atoms with E-state index in [0.29, 0.717) is 94.0 Å². The second-order valence-electron chi connectivity index (χ2n) is 23.2. The summed E-state index contributed by atoms with van der Waals surface area (Å²) in [7, 11) is 0. The van der Waals surface area contributed by atoms with Gasteiger partial charge in [-0.05, 0) is 104 Å². The van der Waals surface area contributed by atoms with Crippen molar-refractivity contribution in [3.05, 3.63) is 102 Å². The van der Waals surface area contributed by atoms with E-state index < -0.39 is 0 Å². The van der Waals surface area contributed by atoms with Crippen LogP contribution in [0.2, 0.25) is 0 Å². The zero-order valence-corrected chi connectivity index (χ0v) is 50.0. The van der Waals surface area contributed by atoms with Crippen molar-refractivity contribution in [3.8, 4) is 23.0 Å². The van der Waals surface area contributed by atoms with Gasteiger partial charge < -0.3 is 42.6 Å². The molecule has 0 aliphatic carbocycles. The van der Waals surface area contributed by atoms with E-state index in [2.05, 4.69) is 115 Å². The number of rotatable bonds is 17. The van der Waals surface area contributed by atoms with Crippen molar-refractivity contribution in [3.63, 3.8) is 0 Å². The highest BCUT2D eigenvalue weighted by Gasteiger charge is 2.18. The first-order chi connectivity index (χ1) is 40.4. The number of nitrogen functional groups attached to an aromatic ring is 4. The molecule has 440 valence electrons. The normalized spacial score (nSPS) is 12.1. The number of aromatic nitrogens is 10. The molecule has 12 rings (SSSR count). The van der Waals surface area contributed by atoms with Crippen LogP contribution in [0.15, 0.2) is 96.4 Å². The van der Waals surface area contributed by atoms with E-state index in [1.54, 1.807) is 24.3 Å². The molecule has 0 saturated carbocycles. The summed E-state index contributed by atoms with van der Waals surface area (Å²) < 4.78 is 17.9. The summed E-state index contributed by atoms with van der Waals surface area (Å²) in [5.74, 6) is 6.42. The predicted molar refractivity (Wildman–Crippen MR) is 342 cm³/mol. The molecule has 0 bridgehead atoms. The van der Waals surface area contributed by atoms with E-state index in [-0.39, 0.29) is 11.5 Å². The maximum absolute atomic E-state index is 10.1. The fourth-order valence-electron chi connectivity index (χ4n) is 10.0. The number of aryl methyl sites for hydroxylation is 3. The number of ether oxygens (including phenoxy) is 2. The van der Waals surface area contributed by atoms with Gasteiger partial charge in [0.25, 0.3) is 0 Å². The van der Waals surface area contributed by atoms with Gasteiger partial charge in [-0.2, -0.15) is 15.3 Å². The van der Waals surface area contributed by atoms with Crippen LogP contribution in [-0.4, -0.2) is 79.2 Å². The van der Waals surface area contributed by atoms with E-state index in [4.69, 9.17) is 32.4 Å². The van der Waals surface area contributed by atoms with Gasteiger partial charge >= 0.3 is 0 Å². The lowest BCUT2D eigenvalue weighted by atomic mass is 10.1. The number of phenols is 2. The zero-order valence-electron chi connectivity index (χ0n) is 50.0. The summed E-state index contributed by atoms with van der Waals surface area (Å²) in [6, 6.07) is 22.4. The van der Waals surface area contributed by atoms with E-state index in [1.807, 2.05) is 74.8 Å². The Kier molecular flexibility index (Phi) is 18.8. The first kappa shape index (κ1) is 59.6. The average molecular weight is 1140 g/mol. The number of nitrogens with two attached hydrogens (primary N) is 4. The Morgan fingerprint density at radius 1 is 0.476 bits per heavy atom. The van der Waals surface area contributed by atoms with Crippen LogP contribution in [0.5, 0.6) is 23.0 Å². The number of hydrogen-bond acceptors (Lipinski definition) is 16. The number of pyridine rings is 4. The first-order valence-electron chi connectivity index (χ1n) is 29.4. The van der Waals surface area contributed by atoms with Gasteiger partial charge in [0, 0.05) is 59.6 Å². The second-order valence-corrected chi connectivity index (χ2v) is 23.2. The number of nitrogens with zero attached hydrogens (tertiary/aromatic N) is 11. The molecule has 19 heteroatoms. The molecule has 1 aliphatic rings. The minimum atomic E-state index is 0.211. The Bertz CT molecular complexity index is 4240. The highest BCUT2D eigenvalue weighted by atomic mass is 16.5. The molecular formula is C65H81N15O4. The third-order valence-corrected chi connectivity index (χ3v) is 14.7. The molecule has 10 N–H and O–H groups in total. The van der Waals surface area contributed by atoms with Gasteiger partial charge in [0.1, 0.15) is 50.7 Å². The third kappa shape index (κ3) is 13.6. The first-order valence-corrected chi connectivity index (χ1v) is 29.4. The van der Waals surface area contributed by atoms with Crippen LogP contribution in [0, 0.1) is 23.7 Å². The summed E-state index contributed by atoms with van der Waals surface area (Å²) in [4.78, 5) is 21.8. The molecule has 84 heavy (non-hydrogen) atoms. The number of aromatic hydroxyl groups is 2. The number of anilines is 4. The summed E-state index contributed by atoms with van der Waals surface area (Å²) >= 11 is 0. The van der Waals surface area contributed by atoms with Gasteiger partial charge in [0.2, 0.25) is 0 Å². The van der Waals surface area contributed by atoms with Crippen molar-refractivity contribution in [2.75, 3.05) is 42.7 Å². The summed E-state index contributed by atoms with van der Waals surface area (Å²) in [6.07, 6.45) is 14.4. The van der Waals surface area contributed by atoms with Crippen molar-refractivity contribution in [1.82, 2.24) is 49.3 Å². The van der Waals surface area contributed by atoms with Crippen molar-refractivity contribution in [2.45, 2.75) is 120 Å². The van der Waals surface area contributed by atoms with E-state index in [9.17, 15) is 10.2 Å². The van der Waals surface area contributed by atoms with Crippen molar-refractivity contribution >= 4 is 106 Å².